The van der Waals surface area contributed by atoms with Gasteiger partial charge in [-0.3, -0.25) is 14.4 Å². The highest BCUT2D eigenvalue weighted by Crippen LogP contribution is 2.30. The highest BCUT2D eigenvalue weighted by Gasteiger charge is 2.42. The summed E-state index contributed by atoms with van der Waals surface area (Å²) in [6.07, 6.45) is -0.650. The van der Waals surface area contributed by atoms with E-state index in [2.05, 4.69) is 10.3 Å². The summed E-state index contributed by atoms with van der Waals surface area (Å²) in [6, 6.07) is 9.27. The van der Waals surface area contributed by atoms with E-state index in [0.29, 0.717) is 0 Å². The molecule has 1 fully saturated rings. The molecule has 234 valence electrons. The molecule has 0 spiro atoms. The standard InChI is InChI=1S/C30H40N2O10Si/c1-18(2)28(34)42-25-19(3)41-30(36)22(16-38-29(35)21(25)15-20-11-9-8-10-12-20)32-27(33)24-26(23(37-4)13-14-31-24)39-17-40-43(5,6)7/h8-14,18-19,21-22,25H,15-17H2,1-7H3,(H,32,33)/t19-,21+,22-,25-/m0/s1. The first kappa shape index (κ1) is 33.5. The Bertz CT molecular complexity index is 1280. The van der Waals surface area contributed by atoms with Crippen LogP contribution in [0, 0.1) is 11.8 Å². The van der Waals surface area contributed by atoms with Crippen molar-refractivity contribution in [2.75, 3.05) is 20.5 Å². The maximum absolute atomic E-state index is 13.4. The minimum absolute atomic E-state index is 0.0196. The van der Waals surface area contributed by atoms with E-state index in [-0.39, 0.29) is 30.4 Å². The van der Waals surface area contributed by atoms with E-state index in [1.165, 1.54) is 26.3 Å². The first-order valence-electron chi connectivity index (χ1n) is 14.0. The van der Waals surface area contributed by atoms with Gasteiger partial charge in [0.05, 0.1) is 13.0 Å². The molecule has 1 N–H and O–H groups in total. The summed E-state index contributed by atoms with van der Waals surface area (Å²) in [5.74, 6) is -4.16. The number of cyclic esters (lactones) is 2. The van der Waals surface area contributed by atoms with Crippen molar-refractivity contribution in [2.45, 2.75) is 65.1 Å². The molecule has 1 aromatic heterocycles. The Hall–Kier alpha value is -3.97. The SMILES string of the molecule is COc1ccnc(C(=O)N[C@H]2COC(=O)[C@H](Cc3ccccc3)[C@@H](OC(=O)C(C)C)[C@H](C)OC2=O)c1OCO[Si](C)(C)C. The smallest absolute Gasteiger partial charge is 0.332 e. The summed E-state index contributed by atoms with van der Waals surface area (Å²) in [4.78, 5) is 56.8. The molecule has 3 rings (SSSR count). The second-order valence-electron chi connectivity index (χ2n) is 11.4. The number of methoxy groups -OCH3 is 1. The molecule has 2 heterocycles. The van der Waals surface area contributed by atoms with E-state index in [1.54, 1.807) is 13.8 Å². The summed E-state index contributed by atoms with van der Waals surface area (Å²) in [5, 5.41) is 2.53. The number of ether oxygens (including phenoxy) is 5. The lowest BCUT2D eigenvalue weighted by Crippen LogP contribution is -2.47. The van der Waals surface area contributed by atoms with Crippen LogP contribution in [0.2, 0.25) is 19.6 Å². The van der Waals surface area contributed by atoms with Crippen molar-refractivity contribution in [1.82, 2.24) is 10.3 Å². The Labute approximate surface area is 252 Å². The monoisotopic (exact) mass is 616 g/mol. The average Bonchev–Trinajstić information content (AvgIpc) is 2.99. The second kappa shape index (κ2) is 15.0. The molecule has 13 heteroatoms. The van der Waals surface area contributed by atoms with Gasteiger partial charge in [0.1, 0.15) is 18.6 Å². The largest absolute Gasteiger partial charge is 0.493 e. The number of nitrogens with one attached hydrogen (secondary N) is 1. The van der Waals surface area contributed by atoms with Crippen molar-refractivity contribution >= 4 is 32.1 Å². The minimum atomic E-state index is -1.94. The predicted molar refractivity (Wildman–Crippen MR) is 157 cm³/mol. The van der Waals surface area contributed by atoms with Gasteiger partial charge in [-0.1, -0.05) is 44.2 Å². The zero-order valence-electron chi connectivity index (χ0n) is 25.6. The van der Waals surface area contributed by atoms with Crippen LogP contribution in [0.3, 0.4) is 0 Å². The molecule has 1 aliphatic heterocycles. The molecular formula is C30H40N2O10Si. The van der Waals surface area contributed by atoms with Gasteiger partial charge in [0.2, 0.25) is 0 Å². The molecule has 0 radical (unpaired) electrons. The topological polar surface area (TPSA) is 149 Å². The summed E-state index contributed by atoms with van der Waals surface area (Å²) < 4.78 is 33.7. The molecule has 4 atom stereocenters. The Morgan fingerprint density at radius 2 is 1.79 bits per heavy atom. The number of carbonyl (C=O) groups excluding carboxylic acids is 4. The van der Waals surface area contributed by atoms with Crippen LogP contribution in [0.25, 0.3) is 0 Å². The Kier molecular flexibility index (Phi) is 11.7. The zero-order chi connectivity index (χ0) is 31.7. The van der Waals surface area contributed by atoms with Crippen molar-refractivity contribution in [3.63, 3.8) is 0 Å². The maximum atomic E-state index is 13.4. The van der Waals surface area contributed by atoms with Crippen LogP contribution in [0.15, 0.2) is 42.6 Å². The molecule has 43 heavy (non-hydrogen) atoms. The van der Waals surface area contributed by atoms with Crippen LogP contribution in [0.4, 0.5) is 0 Å². The van der Waals surface area contributed by atoms with Crippen molar-refractivity contribution < 1.29 is 47.3 Å². The lowest BCUT2D eigenvalue weighted by molar-refractivity contribution is -0.176. The van der Waals surface area contributed by atoms with Crippen molar-refractivity contribution in [1.29, 1.82) is 0 Å². The number of aromatic nitrogens is 1. The fourth-order valence-electron chi connectivity index (χ4n) is 4.13. The molecule has 1 aliphatic rings. The average molecular weight is 617 g/mol. The molecule has 0 aliphatic carbocycles. The molecular weight excluding hydrogens is 576 g/mol. The minimum Gasteiger partial charge on any atom is -0.493 e. The van der Waals surface area contributed by atoms with Gasteiger partial charge in [-0.15, -0.1) is 0 Å². The zero-order valence-corrected chi connectivity index (χ0v) is 26.6. The van der Waals surface area contributed by atoms with Crippen LogP contribution >= 0.6 is 0 Å². The molecule has 0 saturated carbocycles. The van der Waals surface area contributed by atoms with Crippen LogP contribution < -0.4 is 14.8 Å². The van der Waals surface area contributed by atoms with Crippen LogP contribution in [-0.4, -0.2) is 75.9 Å². The van der Waals surface area contributed by atoms with Gasteiger partial charge in [-0.05, 0) is 38.5 Å². The van der Waals surface area contributed by atoms with Crippen molar-refractivity contribution in [3.05, 3.63) is 53.9 Å². The van der Waals surface area contributed by atoms with Gasteiger partial charge in [0.15, 0.2) is 44.4 Å². The normalized spacial score (nSPS) is 21.0. The first-order valence-corrected chi connectivity index (χ1v) is 17.4. The molecule has 12 nitrogen and oxygen atoms in total. The van der Waals surface area contributed by atoms with Crippen LogP contribution in [-0.2, 0) is 39.4 Å². The third kappa shape index (κ3) is 9.51. The quantitative estimate of drug-likeness (QED) is 0.172. The van der Waals surface area contributed by atoms with E-state index in [1.807, 2.05) is 50.0 Å². The highest BCUT2D eigenvalue weighted by atomic mass is 28.4. The van der Waals surface area contributed by atoms with Gasteiger partial charge in [0.25, 0.3) is 5.91 Å². The fourth-order valence-corrected chi connectivity index (χ4v) is 4.55. The number of benzene rings is 1. The summed E-state index contributed by atoms with van der Waals surface area (Å²) in [5.41, 5.74) is 0.628. The number of rotatable bonds is 11. The van der Waals surface area contributed by atoms with E-state index in [9.17, 15) is 19.2 Å². The Morgan fingerprint density at radius 1 is 1.09 bits per heavy atom. The predicted octanol–water partition coefficient (Wildman–Crippen LogP) is 3.29. The number of pyridine rings is 1. The summed E-state index contributed by atoms with van der Waals surface area (Å²) in [6.45, 7) is 10.1. The van der Waals surface area contributed by atoms with E-state index < -0.39 is 68.8 Å². The van der Waals surface area contributed by atoms with Crippen molar-refractivity contribution in [3.8, 4) is 11.5 Å². The van der Waals surface area contributed by atoms with E-state index in [4.69, 9.17) is 28.1 Å². The first-order chi connectivity index (χ1) is 20.3. The third-order valence-corrected chi connectivity index (χ3v) is 7.45. The molecule has 2 aromatic rings. The summed E-state index contributed by atoms with van der Waals surface area (Å²) >= 11 is 0. The molecule has 0 bridgehead atoms. The number of hydrogen-bond donors (Lipinski definition) is 1. The van der Waals surface area contributed by atoms with Gasteiger partial charge in [-0.2, -0.15) is 0 Å². The van der Waals surface area contributed by atoms with Gasteiger partial charge in [0, 0.05) is 12.3 Å². The van der Waals surface area contributed by atoms with Gasteiger partial charge < -0.3 is 33.4 Å². The lowest BCUT2D eigenvalue weighted by Gasteiger charge is -2.29. The lowest BCUT2D eigenvalue weighted by atomic mass is 9.91. The number of esters is 3. The van der Waals surface area contributed by atoms with Gasteiger partial charge >= 0.3 is 17.9 Å². The van der Waals surface area contributed by atoms with Crippen LogP contribution in [0.5, 0.6) is 11.5 Å². The third-order valence-electron chi connectivity index (χ3n) is 6.47. The molecule has 1 amide bonds. The fraction of sp³-hybridized carbons (Fsp3) is 0.500. The van der Waals surface area contributed by atoms with Crippen LogP contribution in [0.1, 0.15) is 36.8 Å². The number of amides is 1. The number of carbonyl (C=O) groups is 4. The van der Waals surface area contributed by atoms with E-state index >= 15 is 0 Å². The Balaban J connectivity index is 1.86. The molecule has 1 aromatic carbocycles. The highest BCUT2D eigenvalue weighted by molar-refractivity contribution is 6.69. The second-order valence-corrected chi connectivity index (χ2v) is 15.9. The van der Waals surface area contributed by atoms with Gasteiger partial charge in [-0.25, -0.2) is 9.78 Å². The van der Waals surface area contributed by atoms with Crippen molar-refractivity contribution in [2.24, 2.45) is 11.8 Å². The maximum Gasteiger partial charge on any atom is 0.332 e. The molecule has 0 unspecified atom stereocenters. The number of nitrogens with zero attached hydrogens (tertiary/aromatic N) is 1. The Morgan fingerprint density at radius 3 is 2.42 bits per heavy atom. The van der Waals surface area contributed by atoms with E-state index in [0.717, 1.165) is 5.56 Å². The number of hydrogen-bond acceptors (Lipinski definition) is 11. The molecule has 1 saturated heterocycles. The summed E-state index contributed by atoms with van der Waals surface area (Å²) in [7, 11) is -0.526.